The van der Waals surface area contributed by atoms with Crippen LogP contribution in [0.1, 0.15) is 31.5 Å². The number of piperidine rings is 1. The van der Waals surface area contributed by atoms with Crippen LogP contribution >= 0.6 is 0 Å². The van der Waals surface area contributed by atoms with Gasteiger partial charge in [-0.05, 0) is 31.9 Å². The minimum absolute atomic E-state index is 0.0784. The van der Waals surface area contributed by atoms with Crippen molar-refractivity contribution in [3.63, 3.8) is 0 Å². The Hall–Kier alpha value is -2.25. The first-order valence-electron chi connectivity index (χ1n) is 7.71. The van der Waals surface area contributed by atoms with E-state index in [0.29, 0.717) is 5.92 Å². The fraction of sp³-hybridized carbons (Fsp3) is 0.533. The summed E-state index contributed by atoms with van der Waals surface area (Å²) >= 11 is 0. The molecule has 0 saturated carbocycles. The average Bonchev–Trinajstić information content (AvgIpc) is 3.04. The van der Waals surface area contributed by atoms with E-state index in [9.17, 15) is 8.78 Å². The number of pyridine rings is 1. The highest BCUT2D eigenvalue weighted by Crippen LogP contribution is 2.29. The quantitative estimate of drug-likeness (QED) is 0.847. The number of aryl methyl sites for hydroxylation is 1. The minimum Gasteiger partial charge on any atom is -0.433 e. The van der Waals surface area contributed by atoms with Crippen LogP contribution in [-0.4, -0.2) is 39.4 Å². The lowest BCUT2D eigenvalue weighted by molar-refractivity contribution is -0.0500. The van der Waals surface area contributed by atoms with Crippen LogP contribution in [0.3, 0.4) is 0 Å². The summed E-state index contributed by atoms with van der Waals surface area (Å²) in [5.74, 6) is 2.30. The van der Waals surface area contributed by atoms with E-state index in [-0.39, 0.29) is 5.75 Å². The maximum Gasteiger partial charge on any atom is 0.387 e. The van der Waals surface area contributed by atoms with E-state index >= 15 is 0 Å². The molecule has 8 heteroatoms. The second-order valence-electron chi connectivity index (χ2n) is 5.47. The number of alkyl halides is 2. The zero-order valence-electron chi connectivity index (χ0n) is 12.9. The molecule has 0 radical (unpaired) electrons. The summed E-state index contributed by atoms with van der Waals surface area (Å²) in [6.45, 7) is 1.83. The average molecular weight is 323 g/mol. The van der Waals surface area contributed by atoms with Crippen molar-refractivity contribution in [1.82, 2.24) is 19.7 Å². The van der Waals surface area contributed by atoms with Gasteiger partial charge in [0.05, 0.1) is 6.20 Å². The van der Waals surface area contributed by atoms with E-state index in [1.165, 1.54) is 12.3 Å². The van der Waals surface area contributed by atoms with E-state index in [1.54, 1.807) is 12.4 Å². The highest BCUT2D eigenvalue weighted by molar-refractivity contribution is 5.41. The first kappa shape index (κ1) is 15.6. The van der Waals surface area contributed by atoms with Gasteiger partial charge in [0.25, 0.3) is 0 Å². The van der Waals surface area contributed by atoms with Crippen molar-refractivity contribution in [1.29, 1.82) is 0 Å². The Morgan fingerprint density at radius 1 is 1.30 bits per heavy atom. The van der Waals surface area contributed by atoms with Crippen molar-refractivity contribution >= 4 is 5.82 Å². The SMILES string of the molecule is CCn1cnnc1C1CCN(c2ccc(OC(F)F)cn2)CC1. The maximum absolute atomic E-state index is 12.1. The van der Waals surface area contributed by atoms with E-state index in [1.807, 2.05) is 0 Å². The Bertz CT molecular complexity index is 623. The van der Waals surface area contributed by atoms with Gasteiger partial charge >= 0.3 is 6.61 Å². The molecule has 0 atom stereocenters. The third-order valence-electron chi connectivity index (χ3n) is 4.12. The number of nitrogens with zero attached hydrogens (tertiary/aromatic N) is 5. The lowest BCUT2D eigenvalue weighted by Crippen LogP contribution is -2.34. The molecule has 1 aliphatic rings. The summed E-state index contributed by atoms with van der Waals surface area (Å²) in [5.41, 5.74) is 0. The van der Waals surface area contributed by atoms with Gasteiger partial charge < -0.3 is 14.2 Å². The van der Waals surface area contributed by atoms with Crippen molar-refractivity contribution in [3.8, 4) is 5.75 Å². The number of halogens is 2. The topological polar surface area (TPSA) is 56.1 Å². The number of aromatic nitrogens is 4. The van der Waals surface area contributed by atoms with Crippen LogP contribution < -0.4 is 9.64 Å². The molecule has 2 aromatic heterocycles. The molecule has 0 unspecified atom stereocenters. The van der Waals surface area contributed by atoms with Gasteiger partial charge in [-0.25, -0.2) is 4.98 Å². The molecule has 3 rings (SSSR count). The number of hydrogen-bond acceptors (Lipinski definition) is 5. The molecular formula is C15H19F2N5O. The van der Waals surface area contributed by atoms with Crippen LogP contribution in [0.4, 0.5) is 14.6 Å². The van der Waals surface area contributed by atoms with Gasteiger partial charge in [0.15, 0.2) is 0 Å². The molecule has 0 aromatic carbocycles. The molecule has 1 fully saturated rings. The molecule has 2 aromatic rings. The lowest BCUT2D eigenvalue weighted by Gasteiger charge is -2.32. The van der Waals surface area contributed by atoms with Crippen LogP contribution in [0.5, 0.6) is 5.75 Å². The Kier molecular flexibility index (Phi) is 4.68. The van der Waals surface area contributed by atoms with E-state index in [0.717, 1.165) is 44.1 Å². The fourth-order valence-corrected chi connectivity index (χ4v) is 2.92. The number of hydrogen-bond donors (Lipinski definition) is 0. The smallest absolute Gasteiger partial charge is 0.387 e. The van der Waals surface area contributed by atoms with Crippen LogP contribution in [-0.2, 0) is 6.54 Å². The molecule has 6 nitrogen and oxygen atoms in total. The second kappa shape index (κ2) is 6.89. The van der Waals surface area contributed by atoms with Crippen LogP contribution in [0.15, 0.2) is 24.7 Å². The molecule has 0 aliphatic carbocycles. The third-order valence-corrected chi connectivity index (χ3v) is 4.12. The summed E-state index contributed by atoms with van der Waals surface area (Å²) in [7, 11) is 0. The molecule has 0 bridgehead atoms. The summed E-state index contributed by atoms with van der Waals surface area (Å²) in [6, 6.07) is 3.24. The summed E-state index contributed by atoms with van der Waals surface area (Å²) < 4.78 is 30.7. The highest BCUT2D eigenvalue weighted by atomic mass is 19.3. The Morgan fingerprint density at radius 3 is 2.70 bits per heavy atom. The zero-order chi connectivity index (χ0) is 16.2. The van der Waals surface area contributed by atoms with Crippen LogP contribution in [0.25, 0.3) is 0 Å². The van der Waals surface area contributed by atoms with Gasteiger partial charge in [-0.2, -0.15) is 8.78 Å². The molecule has 3 heterocycles. The van der Waals surface area contributed by atoms with E-state index in [4.69, 9.17) is 0 Å². The fourth-order valence-electron chi connectivity index (χ4n) is 2.92. The molecule has 124 valence electrons. The Morgan fingerprint density at radius 2 is 2.09 bits per heavy atom. The predicted octanol–water partition coefficient (Wildman–Crippen LogP) is 2.68. The first-order valence-corrected chi connectivity index (χ1v) is 7.71. The van der Waals surface area contributed by atoms with Gasteiger partial charge in [0.1, 0.15) is 23.7 Å². The number of rotatable bonds is 5. The van der Waals surface area contributed by atoms with Crippen molar-refractivity contribution < 1.29 is 13.5 Å². The van der Waals surface area contributed by atoms with Crippen molar-refractivity contribution in [2.24, 2.45) is 0 Å². The molecule has 0 spiro atoms. The van der Waals surface area contributed by atoms with Gasteiger partial charge in [-0.1, -0.05) is 0 Å². The van der Waals surface area contributed by atoms with Gasteiger partial charge in [-0.3, -0.25) is 0 Å². The van der Waals surface area contributed by atoms with Gasteiger partial charge in [0.2, 0.25) is 0 Å². The van der Waals surface area contributed by atoms with Crippen molar-refractivity contribution in [2.75, 3.05) is 18.0 Å². The molecule has 23 heavy (non-hydrogen) atoms. The molecule has 0 N–H and O–H groups in total. The standard InChI is InChI=1S/C15H19F2N5O/c1-2-21-10-19-20-14(21)11-5-7-22(8-6-11)13-4-3-12(9-18-13)23-15(16)17/h3-4,9-11,15H,2,5-8H2,1H3. The summed E-state index contributed by atoms with van der Waals surface area (Å²) in [4.78, 5) is 6.36. The monoisotopic (exact) mass is 323 g/mol. The van der Waals surface area contributed by atoms with E-state index in [2.05, 4.69) is 36.3 Å². The zero-order valence-corrected chi connectivity index (χ0v) is 12.9. The normalized spacial score (nSPS) is 16.1. The summed E-state index contributed by atoms with van der Waals surface area (Å²) in [6.07, 6.45) is 5.04. The predicted molar refractivity (Wildman–Crippen MR) is 80.8 cm³/mol. The maximum atomic E-state index is 12.1. The molecular weight excluding hydrogens is 304 g/mol. The Balaban J connectivity index is 1.60. The van der Waals surface area contributed by atoms with Crippen molar-refractivity contribution in [3.05, 3.63) is 30.5 Å². The number of ether oxygens (including phenoxy) is 1. The number of anilines is 1. The largest absolute Gasteiger partial charge is 0.433 e. The molecule has 0 amide bonds. The lowest BCUT2D eigenvalue weighted by atomic mass is 9.96. The summed E-state index contributed by atoms with van der Waals surface area (Å²) in [5, 5.41) is 8.23. The molecule has 1 aliphatic heterocycles. The van der Waals surface area contributed by atoms with E-state index < -0.39 is 6.61 Å². The highest BCUT2D eigenvalue weighted by Gasteiger charge is 2.24. The first-order chi connectivity index (χ1) is 11.2. The van der Waals surface area contributed by atoms with Crippen LogP contribution in [0, 0.1) is 0 Å². The Labute approximate surface area is 133 Å². The molecule has 1 saturated heterocycles. The van der Waals surface area contributed by atoms with Gasteiger partial charge in [-0.15, -0.1) is 10.2 Å². The minimum atomic E-state index is -2.82. The third kappa shape index (κ3) is 3.57. The second-order valence-corrected chi connectivity index (χ2v) is 5.47. The van der Waals surface area contributed by atoms with Crippen LogP contribution in [0.2, 0.25) is 0 Å². The van der Waals surface area contributed by atoms with Crippen molar-refractivity contribution in [2.45, 2.75) is 38.8 Å². The van der Waals surface area contributed by atoms with Gasteiger partial charge in [0, 0.05) is 25.6 Å².